The van der Waals surface area contributed by atoms with E-state index < -0.39 is 0 Å². The van der Waals surface area contributed by atoms with E-state index in [1.54, 1.807) is 12.1 Å². The van der Waals surface area contributed by atoms with E-state index >= 15 is 0 Å². The second-order valence-corrected chi connectivity index (χ2v) is 7.43. The molecule has 0 spiro atoms. The summed E-state index contributed by atoms with van der Waals surface area (Å²) in [6, 6.07) is 24.5. The Labute approximate surface area is 182 Å². The van der Waals surface area contributed by atoms with Gasteiger partial charge in [0.15, 0.2) is 0 Å². The van der Waals surface area contributed by atoms with Crippen LogP contribution in [0.25, 0.3) is 0 Å². The molecule has 3 rings (SSSR count). The van der Waals surface area contributed by atoms with Gasteiger partial charge in [-0.1, -0.05) is 56.3 Å². The standard InChI is InChI=1S/C25H27N3O3/c1-18(2)25(30)28-21-11-6-10-20(14-21)26-16-24(29)27-22-12-7-13-23(15-22)31-17-19-8-4-3-5-9-19/h3-15,18,26H,16-17H2,1-2H3,(H,27,29)(H,28,30). The van der Waals surface area contributed by atoms with Crippen LogP contribution in [-0.4, -0.2) is 18.4 Å². The first-order chi connectivity index (χ1) is 15.0. The van der Waals surface area contributed by atoms with Crippen molar-refractivity contribution < 1.29 is 14.3 Å². The summed E-state index contributed by atoms with van der Waals surface area (Å²) < 4.78 is 5.80. The molecule has 3 aromatic rings. The molecule has 0 saturated heterocycles. The van der Waals surface area contributed by atoms with Crippen molar-refractivity contribution in [1.82, 2.24) is 0 Å². The van der Waals surface area contributed by atoms with Crippen molar-refractivity contribution in [3.63, 3.8) is 0 Å². The van der Waals surface area contributed by atoms with Crippen LogP contribution in [0.2, 0.25) is 0 Å². The molecule has 0 aliphatic carbocycles. The molecular formula is C25H27N3O3. The van der Waals surface area contributed by atoms with E-state index in [-0.39, 0.29) is 24.3 Å². The largest absolute Gasteiger partial charge is 0.489 e. The molecule has 6 nitrogen and oxygen atoms in total. The number of nitrogens with one attached hydrogen (secondary N) is 3. The molecule has 0 unspecified atom stereocenters. The lowest BCUT2D eigenvalue weighted by Crippen LogP contribution is -2.22. The predicted molar refractivity (Wildman–Crippen MR) is 124 cm³/mol. The third kappa shape index (κ3) is 7.19. The minimum atomic E-state index is -0.183. The van der Waals surface area contributed by atoms with Crippen molar-refractivity contribution in [2.45, 2.75) is 20.5 Å². The van der Waals surface area contributed by atoms with Crippen LogP contribution in [0.4, 0.5) is 17.1 Å². The van der Waals surface area contributed by atoms with Gasteiger partial charge in [0.2, 0.25) is 11.8 Å². The van der Waals surface area contributed by atoms with Gasteiger partial charge >= 0.3 is 0 Å². The first-order valence-electron chi connectivity index (χ1n) is 10.2. The molecule has 0 radical (unpaired) electrons. The lowest BCUT2D eigenvalue weighted by Gasteiger charge is -2.12. The van der Waals surface area contributed by atoms with Crippen LogP contribution in [0.5, 0.6) is 5.75 Å². The summed E-state index contributed by atoms with van der Waals surface area (Å²) in [5, 5.41) is 8.78. The number of carbonyl (C=O) groups excluding carboxylic acids is 2. The molecule has 160 valence electrons. The van der Waals surface area contributed by atoms with Crippen molar-refractivity contribution >= 4 is 28.9 Å². The Bertz CT molecular complexity index is 1020. The first-order valence-corrected chi connectivity index (χ1v) is 10.2. The molecule has 2 amide bonds. The topological polar surface area (TPSA) is 79.5 Å². The monoisotopic (exact) mass is 417 g/mol. The fraction of sp³-hybridized carbons (Fsp3) is 0.200. The van der Waals surface area contributed by atoms with Crippen LogP contribution in [0.1, 0.15) is 19.4 Å². The van der Waals surface area contributed by atoms with Gasteiger partial charge in [0, 0.05) is 29.0 Å². The number of hydrogen-bond donors (Lipinski definition) is 3. The maximum absolute atomic E-state index is 12.3. The van der Waals surface area contributed by atoms with Gasteiger partial charge in [-0.05, 0) is 35.9 Å². The van der Waals surface area contributed by atoms with Crippen LogP contribution < -0.4 is 20.7 Å². The molecule has 6 heteroatoms. The summed E-state index contributed by atoms with van der Waals surface area (Å²) in [5.41, 5.74) is 3.17. The van der Waals surface area contributed by atoms with Gasteiger partial charge in [-0.2, -0.15) is 0 Å². The summed E-state index contributed by atoms with van der Waals surface area (Å²) >= 11 is 0. The van der Waals surface area contributed by atoms with Crippen LogP contribution in [-0.2, 0) is 16.2 Å². The molecule has 0 saturated carbocycles. The predicted octanol–water partition coefficient (Wildman–Crippen LogP) is 4.91. The molecule has 0 aliphatic heterocycles. The summed E-state index contributed by atoms with van der Waals surface area (Å²) in [4.78, 5) is 24.2. The molecule has 3 N–H and O–H groups in total. The number of benzene rings is 3. The highest BCUT2D eigenvalue weighted by atomic mass is 16.5. The minimum absolute atomic E-state index is 0.0516. The van der Waals surface area contributed by atoms with E-state index in [2.05, 4.69) is 16.0 Å². The molecule has 0 fully saturated rings. The number of amides is 2. The van der Waals surface area contributed by atoms with Crippen LogP contribution in [0, 0.1) is 5.92 Å². The summed E-state index contributed by atoms with van der Waals surface area (Å²) in [6.45, 7) is 4.23. The maximum atomic E-state index is 12.3. The normalized spacial score (nSPS) is 10.4. The highest BCUT2D eigenvalue weighted by molar-refractivity contribution is 5.94. The lowest BCUT2D eigenvalue weighted by atomic mass is 10.2. The Kier molecular flexibility index (Phi) is 7.65. The van der Waals surface area contributed by atoms with Gasteiger partial charge < -0.3 is 20.7 Å². The second kappa shape index (κ2) is 10.8. The minimum Gasteiger partial charge on any atom is -0.489 e. The van der Waals surface area contributed by atoms with Crippen molar-refractivity contribution in [1.29, 1.82) is 0 Å². The quantitative estimate of drug-likeness (QED) is 0.462. The summed E-state index contributed by atoms with van der Waals surface area (Å²) in [6.07, 6.45) is 0. The van der Waals surface area contributed by atoms with E-state index in [9.17, 15) is 9.59 Å². The summed E-state index contributed by atoms with van der Waals surface area (Å²) in [7, 11) is 0. The lowest BCUT2D eigenvalue weighted by molar-refractivity contribution is -0.119. The van der Waals surface area contributed by atoms with Gasteiger partial charge in [0.1, 0.15) is 12.4 Å². The maximum Gasteiger partial charge on any atom is 0.243 e. The van der Waals surface area contributed by atoms with Gasteiger partial charge in [0.25, 0.3) is 0 Å². The number of ether oxygens (including phenoxy) is 1. The van der Waals surface area contributed by atoms with Crippen LogP contribution >= 0.6 is 0 Å². The second-order valence-electron chi connectivity index (χ2n) is 7.43. The Morgan fingerprint density at radius 2 is 1.48 bits per heavy atom. The molecule has 0 heterocycles. The summed E-state index contributed by atoms with van der Waals surface area (Å²) in [5.74, 6) is 0.346. The Morgan fingerprint density at radius 3 is 2.23 bits per heavy atom. The highest BCUT2D eigenvalue weighted by Crippen LogP contribution is 2.19. The van der Waals surface area contributed by atoms with Gasteiger partial charge in [-0.15, -0.1) is 0 Å². The van der Waals surface area contributed by atoms with Crippen LogP contribution in [0.15, 0.2) is 78.9 Å². The van der Waals surface area contributed by atoms with Crippen molar-refractivity contribution in [2.24, 2.45) is 5.92 Å². The third-order valence-electron chi connectivity index (χ3n) is 4.47. The van der Waals surface area contributed by atoms with Crippen LogP contribution in [0.3, 0.4) is 0 Å². The number of carbonyl (C=O) groups is 2. The van der Waals surface area contributed by atoms with Crippen molar-refractivity contribution in [2.75, 3.05) is 22.5 Å². The van der Waals surface area contributed by atoms with Crippen molar-refractivity contribution in [3.05, 3.63) is 84.4 Å². The average molecular weight is 418 g/mol. The molecule has 0 atom stereocenters. The molecule has 0 aliphatic rings. The molecule has 0 aromatic heterocycles. The smallest absolute Gasteiger partial charge is 0.243 e. The fourth-order valence-corrected chi connectivity index (χ4v) is 2.79. The van der Waals surface area contributed by atoms with E-state index in [1.807, 2.05) is 80.6 Å². The SMILES string of the molecule is CC(C)C(=O)Nc1cccc(NCC(=O)Nc2cccc(OCc3ccccc3)c2)c1. The molecular weight excluding hydrogens is 390 g/mol. The Balaban J connectivity index is 1.50. The average Bonchev–Trinajstić information content (AvgIpc) is 2.77. The van der Waals surface area contributed by atoms with E-state index in [4.69, 9.17) is 4.74 Å². The Hall–Kier alpha value is -3.80. The van der Waals surface area contributed by atoms with Gasteiger partial charge in [-0.3, -0.25) is 9.59 Å². The van der Waals surface area contributed by atoms with E-state index in [0.717, 1.165) is 11.3 Å². The number of rotatable bonds is 9. The third-order valence-corrected chi connectivity index (χ3v) is 4.47. The zero-order valence-electron chi connectivity index (χ0n) is 17.7. The first kappa shape index (κ1) is 21.9. The molecule has 31 heavy (non-hydrogen) atoms. The van der Waals surface area contributed by atoms with Gasteiger partial charge in [-0.25, -0.2) is 0 Å². The zero-order valence-corrected chi connectivity index (χ0v) is 17.7. The van der Waals surface area contributed by atoms with E-state index in [1.165, 1.54) is 0 Å². The fourth-order valence-electron chi connectivity index (χ4n) is 2.79. The van der Waals surface area contributed by atoms with Gasteiger partial charge in [0.05, 0.1) is 6.54 Å². The Morgan fingerprint density at radius 1 is 0.806 bits per heavy atom. The van der Waals surface area contributed by atoms with E-state index in [0.29, 0.717) is 23.7 Å². The molecule has 0 bridgehead atoms. The highest BCUT2D eigenvalue weighted by Gasteiger charge is 2.08. The zero-order chi connectivity index (χ0) is 22.1. The number of hydrogen-bond acceptors (Lipinski definition) is 4. The number of anilines is 3. The van der Waals surface area contributed by atoms with Crippen molar-refractivity contribution in [3.8, 4) is 5.75 Å². The molecule has 3 aromatic carbocycles.